The molecule has 3 heterocycles. The predicted molar refractivity (Wildman–Crippen MR) is 131 cm³/mol. The highest BCUT2D eigenvalue weighted by molar-refractivity contribution is 5.79. The summed E-state index contributed by atoms with van der Waals surface area (Å²) >= 11 is 0. The van der Waals surface area contributed by atoms with Gasteiger partial charge in [0.05, 0.1) is 30.7 Å². The van der Waals surface area contributed by atoms with Crippen molar-refractivity contribution in [1.82, 2.24) is 34.9 Å². The SMILES string of the molecule is CCNC(=NCc1ccc(-n2nc(C)cc2C)nc1)N(C)Cc1ncc(-c2ccccc2)[nH]1. The summed E-state index contributed by atoms with van der Waals surface area (Å²) in [6.45, 7) is 8.01. The summed E-state index contributed by atoms with van der Waals surface area (Å²) in [5.41, 5.74) is 5.21. The van der Waals surface area contributed by atoms with Crippen molar-refractivity contribution >= 4 is 5.96 Å². The Morgan fingerprint density at radius 1 is 1.09 bits per heavy atom. The number of guanidine groups is 1. The number of imidazole rings is 1. The van der Waals surface area contributed by atoms with E-state index in [1.165, 1.54) is 0 Å². The summed E-state index contributed by atoms with van der Waals surface area (Å²) in [6.07, 6.45) is 3.73. The summed E-state index contributed by atoms with van der Waals surface area (Å²) in [6, 6.07) is 16.3. The zero-order chi connectivity index (χ0) is 23.2. The van der Waals surface area contributed by atoms with Crippen molar-refractivity contribution in [3.63, 3.8) is 0 Å². The maximum atomic E-state index is 4.80. The lowest BCUT2D eigenvalue weighted by atomic mass is 10.2. The third-order valence-corrected chi connectivity index (χ3v) is 5.24. The quantitative estimate of drug-likeness (QED) is 0.335. The second kappa shape index (κ2) is 10.1. The number of benzene rings is 1. The molecule has 4 aromatic rings. The first-order chi connectivity index (χ1) is 16.0. The molecule has 0 radical (unpaired) electrons. The van der Waals surface area contributed by atoms with E-state index in [0.29, 0.717) is 13.1 Å². The van der Waals surface area contributed by atoms with Crippen molar-refractivity contribution in [2.24, 2.45) is 4.99 Å². The van der Waals surface area contributed by atoms with Gasteiger partial charge in [-0.15, -0.1) is 0 Å². The molecule has 8 heteroatoms. The molecule has 4 rings (SSSR count). The minimum atomic E-state index is 0.532. The average molecular weight is 443 g/mol. The standard InChI is InChI=1S/C25H30N8/c1-5-26-25(32(4)17-23-27-16-22(30-23)21-9-7-6-8-10-21)29-15-20-11-12-24(28-14-20)33-19(3)13-18(2)31-33/h6-14,16H,5,15,17H2,1-4H3,(H,26,29)(H,27,30). The van der Waals surface area contributed by atoms with Crippen molar-refractivity contribution in [3.8, 4) is 17.1 Å². The molecule has 0 aliphatic rings. The van der Waals surface area contributed by atoms with Gasteiger partial charge in [0.2, 0.25) is 0 Å². The highest BCUT2D eigenvalue weighted by Gasteiger charge is 2.10. The second-order valence-corrected chi connectivity index (χ2v) is 8.00. The van der Waals surface area contributed by atoms with Crippen LogP contribution in [0.25, 0.3) is 17.1 Å². The Kier molecular flexibility index (Phi) is 6.83. The zero-order valence-electron chi connectivity index (χ0n) is 19.6. The molecule has 0 unspecified atom stereocenters. The summed E-state index contributed by atoms with van der Waals surface area (Å²) in [4.78, 5) is 19.4. The first kappa shape index (κ1) is 22.3. The van der Waals surface area contributed by atoms with Gasteiger partial charge in [0.15, 0.2) is 11.8 Å². The van der Waals surface area contributed by atoms with Gasteiger partial charge in [0.25, 0.3) is 0 Å². The van der Waals surface area contributed by atoms with Crippen molar-refractivity contribution in [1.29, 1.82) is 0 Å². The Morgan fingerprint density at radius 2 is 1.91 bits per heavy atom. The molecule has 0 atom stereocenters. The third kappa shape index (κ3) is 5.46. The Labute approximate surface area is 194 Å². The number of rotatable bonds is 7. The molecule has 3 aromatic heterocycles. The van der Waals surface area contributed by atoms with Crippen LogP contribution < -0.4 is 5.32 Å². The van der Waals surface area contributed by atoms with Gasteiger partial charge in [-0.2, -0.15) is 5.10 Å². The number of hydrogen-bond acceptors (Lipinski definition) is 4. The van der Waals surface area contributed by atoms with Crippen LogP contribution in [0.2, 0.25) is 0 Å². The summed E-state index contributed by atoms with van der Waals surface area (Å²) in [7, 11) is 2.01. The summed E-state index contributed by atoms with van der Waals surface area (Å²) in [5, 5.41) is 7.85. The van der Waals surface area contributed by atoms with Crippen LogP contribution in [0.4, 0.5) is 0 Å². The molecule has 0 saturated heterocycles. The van der Waals surface area contributed by atoms with Gasteiger partial charge in [-0.05, 0) is 44.0 Å². The number of aryl methyl sites for hydroxylation is 2. The Bertz CT molecular complexity index is 1200. The maximum absolute atomic E-state index is 4.80. The van der Waals surface area contributed by atoms with E-state index in [0.717, 1.165) is 52.4 Å². The van der Waals surface area contributed by atoms with Gasteiger partial charge in [-0.1, -0.05) is 36.4 Å². The third-order valence-electron chi connectivity index (χ3n) is 5.24. The van der Waals surface area contributed by atoms with E-state index in [4.69, 9.17) is 4.99 Å². The van der Waals surface area contributed by atoms with E-state index < -0.39 is 0 Å². The summed E-state index contributed by atoms with van der Waals surface area (Å²) < 4.78 is 1.85. The maximum Gasteiger partial charge on any atom is 0.194 e. The van der Waals surface area contributed by atoms with Crippen LogP contribution in [0.15, 0.2) is 65.9 Å². The van der Waals surface area contributed by atoms with Gasteiger partial charge in [-0.25, -0.2) is 19.6 Å². The predicted octanol–water partition coefficient (Wildman–Crippen LogP) is 3.87. The average Bonchev–Trinajstić information content (AvgIpc) is 3.43. The van der Waals surface area contributed by atoms with Crippen molar-refractivity contribution in [2.75, 3.05) is 13.6 Å². The summed E-state index contributed by atoms with van der Waals surface area (Å²) in [5.74, 6) is 2.51. The second-order valence-electron chi connectivity index (χ2n) is 8.00. The molecule has 0 bridgehead atoms. The van der Waals surface area contributed by atoms with Crippen LogP contribution in [-0.4, -0.2) is 49.2 Å². The van der Waals surface area contributed by atoms with Crippen LogP contribution in [0.5, 0.6) is 0 Å². The van der Waals surface area contributed by atoms with Crippen molar-refractivity contribution < 1.29 is 0 Å². The lowest BCUT2D eigenvalue weighted by Gasteiger charge is -2.21. The molecule has 0 saturated carbocycles. The number of aliphatic imine (C=N–C) groups is 1. The number of hydrogen-bond donors (Lipinski definition) is 2. The lowest BCUT2D eigenvalue weighted by molar-refractivity contribution is 0.464. The number of aromatic amines is 1. The van der Waals surface area contributed by atoms with E-state index in [2.05, 4.69) is 49.3 Å². The fourth-order valence-electron chi connectivity index (χ4n) is 3.64. The van der Waals surface area contributed by atoms with E-state index in [1.54, 1.807) is 0 Å². The van der Waals surface area contributed by atoms with Crippen molar-refractivity contribution in [2.45, 2.75) is 33.9 Å². The monoisotopic (exact) mass is 442 g/mol. The number of nitrogens with one attached hydrogen (secondary N) is 2. The molecule has 1 aromatic carbocycles. The molecular formula is C25H30N8. The minimum absolute atomic E-state index is 0.532. The smallest absolute Gasteiger partial charge is 0.194 e. The normalized spacial score (nSPS) is 11.6. The van der Waals surface area contributed by atoms with E-state index in [9.17, 15) is 0 Å². The number of aromatic nitrogens is 5. The zero-order valence-corrected chi connectivity index (χ0v) is 19.6. The fraction of sp³-hybridized carbons (Fsp3) is 0.280. The molecule has 8 nitrogen and oxygen atoms in total. The lowest BCUT2D eigenvalue weighted by Crippen LogP contribution is -2.38. The van der Waals surface area contributed by atoms with Crippen LogP contribution in [0.3, 0.4) is 0 Å². The number of pyridine rings is 1. The molecule has 170 valence electrons. The highest BCUT2D eigenvalue weighted by Crippen LogP contribution is 2.16. The number of nitrogens with zero attached hydrogens (tertiary/aromatic N) is 6. The van der Waals surface area contributed by atoms with E-state index >= 15 is 0 Å². The largest absolute Gasteiger partial charge is 0.357 e. The fourth-order valence-corrected chi connectivity index (χ4v) is 3.64. The molecule has 0 aliphatic heterocycles. The Morgan fingerprint density at radius 3 is 2.58 bits per heavy atom. The molecule has 0 spiro atoms. The molecule has 0 aliphatic carbocycles. The van der Waals surface area contributed by atoms with Gasteiger partial charge < -0.3 is 15.2 Å². The highest BCUT2D eigenvalue weighted by atomic mass is 15.3. The van der Waals surface area contributed by atoms with Crippen LogP contribution in [0.1, 0.15) is 29.7 Å². The Balaban J connectivity index is 1.43. The van der Waals surface area contributed by atoms with Crippen LogP contribution in [0, 0.1) is 13.8 Å². The van der Waals surface area contributed by atoms with Gasteiger partial charge in [0.1, 0.15) is 5.82 Å². The van der Waals surface area contributed by atoms with Gasteiger partial charge >= 0.3 is 0 Å². The molecule has 0 amide bonds. The van der Waals surface area contributed by atoms with E-state index in [-0.39, 0.29) is 0 Å². The van der Waals surface area contributed by atoms with E-state index in [1.807, 2.05) is 74.4 Å². The van der Waals surface area contributed by atoms with Gasteiger partial charge in [0, 0.05) is 25.5 Å². The molecule has 2 N–H and O–H groups in total. The molecular weight excluding hydrogens is 412 g/mol. The van der Waals surface area contributed by atoms with Crippen LogP contribution >= 0.6 is 0 Å². The Hall–Kier alpha value is -3.94. The molecule has 33 heavy (non-hydrogen) atoms. The minimum Gasteiger partial charge on any atom is -0.357 e. The van der Waals surface area contributed by atoms with Gasteiger partial charge in [-0.3, -0.25) is 0 Å². The first-order valence-electron chi connectivity index (χ1n) is 11.1. The first-order valence-corrected chi connectivity index (χ1v) is 11.1. The topological polar surface area (TPSA) is 87.0 Å². The van der Waals surface area contributed by atoms with Crippen molar-refractivity contribution in [3.05, 3.63) is 83.7 Å². The van der Waals surface area contributed by atoms with Crippen LogP contribution in [-0.2, 0) is 13.1 Å². The molecule has 0 fully saturated rings. The number of H-pyrrole nitrogens is 1.